The van der Waals surface area contributed by atoms with Gasteiger partial charge in [0.25, 0.3) is 0 Å². The van der Waals surface area contributed by atoms with E-state index in [9.17, 15) is 9.59 Å². The second kappa shape index (κ2) is 6.03. The molecule has 2 amide bonds. The fourth-order valence-corrected chi connectivity index (χ4v) is 1.90. The lowest BCUT2D eigenvalue weighted by atomic mass is 9.88. The molecule has 0 radical (unpaired) electrons. The number of aliphatic carboxylic acids is 1. The van der Waals surface area contributed by atoms with Crippen LogP contribution >= 0.6 is 0 Å². The second-order valence-corrected chi connectivity index (χ2v) is 4.04. The van der Waals surface area contributed by atoms with E-state index in [4.69, 9.17) is 10.8 Å². The van der Waals surface area contributed by atoms with Gasteiger partial charge in [-0.3, -0.25) is 4.79 Å². The van der Waals surface area contributed by atoms with Crippen molar-refractivity contribution in [2.24, 2.45) is 10.8 Å². The first-order chi connectivity index (χ1) is 8.00. The quantitative estimate of drug-likeness (QED) is 0.645. The van der Waals surface area contributed by atoms with Crippen molar-refractivity contribution in [2.75, 3.05) is 0 Å². The van der Waals surface area contributed by atoms with Crippen LogP contribution in [0.4, 0.5) is 4.79 Å². The maximum atomic E-state index is 10.6. The molecule has 0 spiro atoms. The molecule has 94 valence electrons. The van der Waals surface area contributed by atoms with Gasteiger partial charge in [0.15, 0.2) is 0 Å². The average Bonchev–Trinajstić information content (AvgIpc) is 2.24. The van der Waals surface area contributed by atoms with Crippen LogP contribution in [-0.2, 0) is 4.79 Å². The predicted octanol–water partition coefficient (Wildman–Crippen LogP) is 1.38. The lowest BCUT2D eigenvalue weighted by Gasteiger charge is -2.19. The first kappa shape index (κ1) is 13.2. The van der Waals surface area contributed by atoms with Crippen molar-refractivity contribution in [2.45, 2.75) is 39.0 Å². The van der Waals surface area contributed by atoms with Crippen molar-refractivity contribution in [3.05, 3.63) is 11.1 Å². The summed E-state index contributed by atoms with van der Waals surface area (Å²) in [6, 6.07) is -0.710. The molecule has 0 heterocycles. The highest BCUT2D eigenvalue weighted by Crippen LogP contribution is 2.25. The smallest absolute Gasteiger partial charge is 0.332 e. The molecule has 0 aromatic carbocycles. The van der Waals surface area contributed by atoms with Crippen LogP contribution < -0.4 is 11.2 Å². The number of carboxylic acids is 1. The van der Waals surface area contributed by atoms with Gasteiger partial charge >= 0.3 is 12.0 Å². The number of nitrogens with one attached hydrogen (secondary N) is 1. The standard InChI is InChI=1S/C11H17N3O3/c1-7-3-2-4-9(13-14-11(12)17)8(7)5-6-10(15)16/h2-6H2,1H3,(H,15,16)(H3,12,14,17). The topological polar surface area (TPSA) is 105 Å². The molecule has 1 aliphatic carbocycles. The number of rotatable bonds is 4. The van der Waals surface area contributed by atoms with Crippen LogP contribution in [0.15, 0.2) is 16.2 Å². The number of amides is 2. The Balaban J connectivity index is 2.80. The lowest BCUT2D eigenvalue weighted by molar-refractivity contribution is -0.136. The normalized spacial score (nSPS) is 18.3. The van der Waals surface area contributed by atoms with E-state index in [0.717, 1.165) is 36.1 Å². The molecule has 0 atom stereocenters. The van der Waals surface area contributed by atoms with Crippen LogP contribution in [0.5, 0.6) is 0 Å². The van der Waals surface area contributed by atoms with Crippen molar-refractivity contribution in [3.8, 4) is 0 Å². The van der Waals surface area contributed by atoms with Crippen LogP contribution in [-0.4, -0.2) is 22.8 Å². The monoisotopic (exact) mass is 239 g/mol. The number of carboxylic acid groups (broad SMARTS) is 1. The van der Waals surface area contributed by atoms with Crippen LogP contribution in [0.2, 0.25) is 0 Å². The SMILES string of the molecule is CC1=C(CCC(=O)O)C(=NNC(N)=O)CCC1. The van der Waals surface area contributed by atoms with Crippen molar-refractivity contribution in [1.82, 2.24) is 5.43 Å². The minimum atomic E-state index is -0.835. The van der Waals surface area contributed by atoms with Crippen molar-refractivity contribution >= 4 is 17.7 Å². The summed E-state index contributed by atoms with van der Waals surface area (Å²) in [7, 11) is 0. The van der Waals surface area contributed by atoms with E-state index < -0.39 is 12.0 Å². The van der Waals surface area contributed by atoms with E-state index in [-0.39, 0.29) is 6.42 Å². The Kier molecular flexibility index (Phi) is 4.68. The number of hydrazone groups is 1. The number of primary amides is 1. The first-order valence-corrected chi connectivity index (χ1v) is 5.53. The number of nitrogens with two attached hydrogens (primary N) is 1. The molecule has 1 aliphatic rings. The largest absolute Gasteiger partial charge is 0.481 e. The van der Waals surface area contributed by atoms with Gasteiger partial charge in [-0.1, -0.05) is 5.57 Å². The van der Waals surface area contributed by atoms with Gasteiger partial charge in [0, 0.05) is 6.42 Å². The van der Waals surface area contributed by atoms with E-state index in [0.29, 0.717) is 6.42 Å². The zero-order chi connectivity index (χ0) is 12.8. The van der Waals surface area contributed by atoms with E-state index in [1.807, 2.05) is 6.92 Å². The molecular formula is C11H17N3O3. The summed E-state index contributed by atoms with van der Waals surface area (Å²) >= 11 is 0. The Hall–Kier alpha value is -1.85. The molecule has 0 bridgehead atoms. The fourth-order valence-electron chi connectivity index (χ4n) is 1.90. The van der Waals surface area contributed by atoms with Crippen LogP contribution in [0.25, 0.3) is 0 Å². The molecule has 17 heavy (non-hydrogen) atoms. The maximum absolute atomic E-state index is 10.6. The number of hydrogen-bond acceptors (Lipinski definition) is 3. The summed E-state index contributed by atoms with van der Waals surface area (Å²) in [5.41, 5.74) is 9.97. The number of nitrogens with zero attached hydrogens (tertiary/aromatic N) is 1. The molecule has 0 fully saturated rings. The van der Waals surface area contributed by atoms with Crippen LogP contribution in [0.3, 0.4) is 0 Å². The Bertz CT molecular complexity index is 385. The maximum Gasteiger partial charge on any atom is 0.332 e. The molecule has 0 aromatic rings. The zero-order valence-corrected chi connectivity index (χ0v) is 9.82. The number of urea groups is 1. The zero-order valence-electron chi connectivity index (χ0n) is 9.82. The highest BCUT2D eigenvalue weighted by atomic mass is 16.4. The highest BCUT2D eigenvalue weighted by molar-refractivity contribution is 6.02. The average molecular weight is 239 g/mol. The fraction of sp³-hybridized carbons (Fsp3) is 0.545. The summed E-state index contributed by atoms with van der Waals surface area (Å²) in [6.45, 7) is 1.97. The molecular weight excluding hydrogens is 222 g/mol. The number of allylic oxidation sites excluding steroid dienone is 2. The molecule has 4 N–H and O–H groups in total. The molecule has 6 heteroatoms. The third kappa shape index (κ3) is 4.26. The van der Waals surface area contributed by atoms with Crippen molar-refractivity contribution in [1.29, 1.82) is 0 Å². The number of carbonyl (C=O) groups excluding carboxylic acids is 1. The van der Waals surface area contributed by atoms with Gasteiger partial charge in [-0.15, -0.1) is 0 Å². The Morgan fingerprint density at radius 1 is 1.47 bits per heavy atom. The van der Waals surface area contributed by atoms with Gasteiger partial charge in [-0.05, 0) is 38.2 Å². The minimum Gasteiger partial charge on any atom is -0.481 e. The summed E-state index contributed by atoms with van der Waals surface area (Å²) < 4.78 is 0. The lowest BCUT2D eigenvalue weighted by Crippen LogP contribution is -2.27. The van der Waals surface area contributed by atoms with E-state index in [1.165, 1.54) is 0 Å². The number of carbonyl (C=O) groups is 2. The van der Waals surface area contributed by atoms with Gasteiger partial charge in [0.1, 0.15) is 0 Å². The Morgan fingerprint density at radius 3 is 2.76 bits per heavy atom. The van der Waals surface area contributed by atoms with Gasteiger partial charge < -0.3 is 10.8 Å². The molecule has 0 saturated heterocycles. The van der Waals surface area contributed by atoms with Crippen molar-refractivity contribution < 1.29 is 14.7 Å². The van der Waals surface area contributed by atoms with E-state index in [2.05, 4.69) is 10.5 Å². The third-order valence-electron chi connectivity index (χ3n) is 2.72. The molecule has 0 unspecified atom stereocenters. The van der Waals surface area contributed by atoms with Gasteiger partial charge in [0.2, 0.25) is 0 Å². The van der Waals surface area contributed by atoms with Crippen LogP contribution in [0, 0.1) is 0 Å². The summed E-state index contributed by atoms with van der Waals surface area (Å²) in [5.74, 6) is -0.835. The molecule has 1 rings (SSSR count). The molecule has 0 aromatic heterocycles. The van der Waals surface area contributed by atoms with Crippen LogP contribution in [0.1, 0.15) is 39.0 Å². The summed E-state index contributed by atoms with van der Waals surface area (Å²) in [4.78, 5) is 21.2. The second-order valence-electron chi connectivity index (χ2n) is 4.04. The molecule has 6 nitrogen and oxygen atoms in total. The first-order valence-electron chi connectivity index (χ1n) is 5.53. The number of hydrogen-bond donors (Lipinski definition) is 3. The summed E-state index contributed by atoms with van der Waals surface area (Å²) in [5, 5.41) is 12.6. The molecule has 0 saturated carbocycles. The summed E-state index contributed by atoms with van der Waals surface area (Å²) in [6.07, 6.45) is 3.17. The highest BCUT2D eigenvalue weighted by Gasteiger charge is 2.17. The third-order valence-corrected chi connectivity index (χ3v) is 2.72. The Labute approximate surface area is 99.6 Å². The van der Waals surface area contributed by atoms with E-state index in [1.54, 1.807) is 0 Å². The van der Waals surface area contributed by atoms with E-state index >= 15 is 0 Å². The van der Waals surface area contributed by atoms with Gasteiger partial charge in [0.05, 0.1) is 5.71 Å². The molecule has 0 aliphatic heterocycles. The minimum absolute atomic E-state index is 0.0717. The Morgan fingerprint density at radius 2 is 2.18 bits per heavy atom. The predicted molar refractivity (Wildman–Crippen MR) is 63.6 cm³/mol. The van der Waals surface area contributed by atoms with Gasteiger partial charge in [-0.25, -0.2) is 10.2 Å². The van der Waals surface area contributed by atoms with Gasteiger partial charge in [-0.2, -0.15) is 5.10 Å². The van der Waals surface area contributed by atoms with Crippen molar-refractivity contribution in [3.63, 3.8) is 0 Å².